The van der Waals surface area contributed by atoms with Crippen LogP contribution in [0.3, 0.4) is 0 Å². The summed E-state index contributed by atoms with van der Waals surface area (Å²) >= 11 is 0. The van der Waals surface area contributed by atoms with Gasteiger partial charge in [0.25, 0.3) is 0 Å². The fraction of sp³-hybridized carbons (Fsp3) is 0.875. The molecule has 6 heteroatoms. The average Bonchev–Trinajstić information content (AvgIpc) is 2.09. The second-order valence-electron chi connectivity index (χ2n) is 3.82. The van der Waals surface area contributed by atoms with E-state index in [9.17, 15) is 18.3 Å². The Morgan fingerprint density at radius 1 is 1.36 bits per heavy atom. The van der Waals surface area contributed by atoms with Gasteiger partial charge in [0.1, 0.15) is 0 Å². The maximum Gasteiger partial charge on any atom is 0.309 e. The van der Waals surface area contributed by atoms with Gasteiger partial charge in [-0.3, -0.25) is 4.79 Å². The minimum Gasteiger partial charge on any atom is -0.481 e. The Hall–Kier alpha value is -0.620. The zero-order valence-corrected chi connectivity index (χ0v) is 8.75. The van der Waals surface area contributed by atoms with E-state index in [1.807, 2.05) is 0 Å². The van der Waals surface area contributed by atoms with Gasteiger partial charge in [-0.1, -0.05) is 0 Å². The van der Waals surface area contributed by atoms with Gasteiger partial charge in [0, 0.05) is 0 Å². The largest absolute Gasteiger partial charge is 0.481 e. The van der Waals surface area contributed by atoms with Gasteiger partial charge in [0.2, 0.25) is 0 Å². The summed E-state index contributed by atoms with van der Waals surface area (Å²) in [4.78, 5) is 10.7. The first-order valence-corrected chi connectivity index (χ1v) is 6.25. The van der Waals surface area contributed by atoms with Gasteiger partial charge >= 0.3 is 5.97 Å². The molecule has 1 rings (SSSR count). The van der Waals surface area contributed by atoms with Crippen LogP contribution in [0.2, 0.25) is 0 Å². The molecule has 82 valence electrons. The number of carbonyl (C=O) groups is 1. The molecule has 1 aliphatic heterocycles. The summed E-state index contributed by atoms with van der Waals surface area (Å²) in [5, 5.41) is 18.6. The molecule has 1 atom stereocenters. The monoisotopic (exact) mass is 222 g/mol. The van der Waals surface area contributed by atoms with Crippen LogP contribution >= 0.6 is 0 Å². The molecular formula is C8H14O5S. The highest BCUT2D eigenvalue weighted by Gasteiger charge is 2.42. The zero-order chi connectivity index (χ0) is 11.0. The summed E-state index contributed by atoms with van der Waals surface area (Å²) in [5.74, 6) is -2.26. The Morgan fingerprint density at radius 3 is 2.14 bits per heavy atom. The van der Waals surface area contributed by atoms with E-state index in [1.54, 1.807) is 0 Å². The molecule has 1 fully saturated rings. The lowest BCUT2D eigenvalue weighted by atomic mass is 9.84. The molecule has 0 saturated carbocycles. The van der Waals surface area contributed by atoms with Crippen molar-refractivity contribution in [1.82, 2.24) is 0 Å². The van der Waals surface area contributed by atoms with Crippen molar-refractivity contribution < 1.29 is 23.4 Å². The van der Waals surface area contributed by atoms with Crippen LogP contribution in [0, 0.1) is 5.92 Å². The number of hydrogen-bond donors (Lipinski definition) is 2. The van der Waals surface area contributed by atoms with Crippen molar-refractivity contribution in [3.05, 3.63) is 0 Å². The Balaban J connectivity index is 2.76. The fourth-order valence-corrected chi connectivity index (χ4v) is 3.09. The van der Waals surface area contributed by atoms with Gasteiger partial charge in [0.05, 0.1) is 23.0 Å². The second kappa shape index (κ2) is 3.51. The summed E-state index contributed by atoms with van der Waals surface area (Å²) in [6.07, 6.45) is 0.0333. The van der Waals surface area contributed by atoms with Crippen LogP contribution in [-0.4, -0.2) is 41.7 Å². The normalized spacial score (nSPS) is 26.7. The first kappa shape index (κ1) is 11.5. The molecule has 0 spiro atoms. The number of rotatable bonds is 2. The lowest BCUT2D eigenvalue weighted by Crippen LogP contribution is -2.47. The molecule has 5 nitrogen and oxygen atoms in total. The summed E-state index contributed by atoms with van der Waals surface area (Å²) in [6, 6.07) is 0. The van der Waals surface area contributed by atoms with E-state index in [1.165, 1.54) is 6.92 Å². The van der Waals surface area contributed by atoms with E-state index in [4.69, 9.17) is 5.11 Å². The lowest BCUT2D eigenvalue weighted by molar-refractivity contribution is -0.151. The summed E-state index contributed by atoms with van der Waals surface area (Å²) in [6.45, 7) is 1.40. The van der Waals surface area contributed by atoms with E-state index >= 15 is 0 Å². The zero-order valence-electron chi connectivity index (χ0n) is 7.93. The molecule has 1 heterocycles. The van der Waals surface area contributed by atoms with Crippen LogP contribution in [0.15, 0.2) is 0 Å². The van der Waals surface area contributed by atoms with Crippen molar-refractivity contribution in [2.45, 2.75) is 25.4 Å². The summed E-state index contributed by atoms with van der Waals surface area (Å²) in [5.41, 5.74) is -1.36. The van der Waals surface area contributed by atoms with E-state index in [2.05, 4.69) is 0 Å². The highest BCUT2D eigenvalue weighted by molar-refractivity contribution is 7.91. The van der Waals surface area contributed by atoms with Crippen molar-refractivity contribution in [1.29, 1.82) is 0 Å². The Bertz CT molecular complexity index is 318. The van der Waals surface area contributed by atoms with Crippen LogP contribution in [0.4, 0.5) is 0 Å². The van der Waals surface area contributed by atoms with Gasteiger partial charge < -0.3 is 10.2 Å². The Kier molecular flexibility index (Phi) is 2.87. The first-order chi connectivity index (χ1) is 6.27. The van der Waals surface area contributed by atoms with E-state index in [0.29, 0.717) is 0 Å². The Morgan fingerprint density at radius 2 is 1.79 bits per heavy atom. The van der Waals surface area contributed by atoms with Gasteiger partial charge in [-0.15, -0.1) is 0 Å². The summed E-state index contributed by atoms with van der Waals surface area (Å²) < 4.78 is 22.1. The highest BCUT2D eigenvalue weighted by Crippen LogP contribution is 2.30. The molecule has 2 N–H and O–H groups in total. The van der Waals surface area contributed by atoms with Gasteiger partial charge in [-0.25, -0.2) is 8.42 Å². The maximum atomic E-state index is 11.1. The molecule has 0 aromatic carbocycles. The van der Waals surface area contributed by atoms with E-state index in [-0.39, 0.29) is 24.3 Å². The molecule has 0 bridgehead atoms. The van der Waals surface area contributed by atoms with Gasteiger partial charge in [0.15, 0.2) is 9.84 Å². The van der Waals surface area contributed by atoms with Crippen molar-refractivity contribution in [3.63, 3.8) is 0 Å². The molecule has 1 aliphatic rings. The number of aliphatic carboxylic acids is 1. The quantitative estimate of drug-likeness (QED) is 0.666. The van der Waals surface area contributed by atoms with Gasteiger partial charge in [-0.05, 0) is 19.8 Å². The molecule has 0 aromatic rings. The standard InChI is InChI=1S/C8H14O5S/c1-6(7(9)10)8(11)2-4-14(12,13)5-3-8/h6,11H,2-5H2,1H3,(H,9,10). The molecule has 0 aromatic heterocycles. The molecule has 14 heavy (non-hydrogen) atoms. The van der Waals surface area contributed by atoms with Crippen molar-refractivity contribution >= 4 is 15.8 Å². The number of carboxylic acid groups (broad SMARTS) is 1. The number of aliphatic hydroxyl groups is 1. The number of sulfone groups is 1. The van der Waals surface area contributed by atoms with Crippen LogP contribution in [-0.2, 0) is 14.6 Å². The van der Waals surface area contributed by atoms with Crippen LogP contribution in [0.5, 0.6) is 0 Å². The smallest absolute Gasteiger partial charge is 0.309 e. The highest BCUT2D eigenvalue weighted by atomic mass is 32.2. The minimum atomic E-state index is -3.07. The summed E-state index contributed by atoms with van der Waals surface area (Å²) in [7, 11) is -3.07. The van der Waals surface area contributed by atoms with Crippen LogP contribution < -0.4 is 0 Å². The minimum absolute atomic E-state index is 0.0167. The molecular weight excluding hydrogens is 208 g/mol. The van der Waals surface area contributed by atoms with Gasteiger partial charge in [-0.2, -0.15) is 0 Å². The predicted octanol–water partition coefficient (Wildman–Crippen LogP) is -0.353. The average molecular weight is 222 g/mol. The van der Waals surface area contributed by atoms with Crippen molar-refractivity contribution in [3.8, 4) is 0 Å². The topological polar surface area (TPSA) is 91.7 Å². The maximum absolute atomic E-state index is 11.1. The third-order valence-electron chi connectivity index (χ3n) is 2.87. The fourth-order valence-electron chi connectivity index (χ4n) is 1.55. The number of carboxylic acids is 1. The molecule has 1 saturated heterocycles. The van der Waals surface area contributed by atoms with Crippen molar-refractivity contribution in [2.75, 3.05) is 11.5 Å². The third kappa shape index (κ3) is 2.24. The van der Waals surface area contributed by atoms with Crippen molar-refractivity contribution in [2.24, 2.45) is 5.92 Å². The third-order valence-corrected chi connectivity index (χ3v) is 4.52. The predicted molar refractivity (Wildman–Crippen MR) is 49.6 cm³/mol. The molecule has 0 radical (unpaired) electrons. The Labute approximate surface area is 82.7 Å². The van der Waals surface area contributed by atoms with E-state index < -0.39 is 27.3 Å². The molecule has 1 unspecified atom stereocenters. The van der Waals surface area contributed by atoms with Crippen LogP contribution in [0.1, 0.15) is 19.8 Å². The van der Waals surface area contributed by atoms with E-state index in [0.717, 1.165) is 0 Å². The molecule has 0 aliphatic carbocycles. The number of hydrogen-bond acceptors (Lipinski definition) is 4. The SMILES string of the molecule is CC(C(=O)O)C1(O)CCS(=O)(=O)CC1. The second-order valence-corrected chi connectivity index (χ2v) is 6.12. The lowest BCUT2D eigenvalue weighted by Gasteiger charge is -2.34. The first-order valence-electron chi connectivity index (χ1n) is 4.42. The molecule has 0 amide bonds. The van der Waals surface area contributed by atoms with Crippen LogP contribution in [0.25, 0.3) is 0 Å².